The number of rotatable bonds is 3. The molecule has 8 heteroatoms. The van der Waals surface area contributed by atoms with Crippen molar-refractivity contribution in [2.75, 3.05) is 13.7 Å². The number of carbonyl (C=O) groups excluding carboxylic acids is 1. The van der Waals surface area contributed by atoms with Crippen molar-refractivity contribution in [3.63, 3.8) is 0 Å². The SMILES string of the molecule is COc1cc(C(=O)N2C[C@H](O)C[C@H]2c2cc(F)ccc2F)on1. The number of β-amino-alcohol motifs (C(OH)–C–C–N with tert-alkyl or cyclic N) is 1. The van der Waals surface area contributed by atoms with Gasteiger partial charge in [0.15, 0.2) is 0 Å². The van der Waals surface area contributed by atoms with Crippen molar-refractivity contribution >= 4 is 5.91 Å². The van der Waals surface area contributed by atoms with E-state index < -0.39 is 29.7 Å². The first-order valence-corrected chi connectivity index (χ1v) is 6.94. The van der Waals surface area contributed by atoms with E-state index in [-0.39, 0.29) is 30.2 Å². The second-order valence-corrected chi connectivity index (χ2v) is 5.26. The quantitative estimate of drug-likeness (QED) is 0.933. The first-order valence-electron chi connectivity index (χ1n) is 6.94. The van der Waals surface area contributed by atoms with Gasteiger partial charge >= 0.3 is 0 Å². The Morgan fingerprint density at radius 1 is 1.43 bits per heavy atom. The largest absolute Gasteiger partial charge is 0.479 e. The third kappa shape index (κ3) is 2.89. The molecule has 23 heavy (non-hydrogen) atoms. The van der Waals surface area contributed by atoms with E-state index in [1.54, 1.807) is 0 Å². The number of methoxy groups -OCH3 is 1. The molecule has 1 fully saturated rings. The minimum atomic E-state index is -0.837. The monoisotopic (exact) mass is 324 g/mol. The molecule has 1 aliphatic heterocycles. The number of hydrogen-bond donors (Lipinski definition) is 1. The number of aliphatic hydroxyl groups is 1. The Balaban J connectivity index is 1.93. The zero-order valence-electron chi connectivity index (χ0n) is 12.2. The zero-order chi connectivity index (χ0) is 16.6. The minimum absolute atomic E-state index is 0.0114. The standard InChI is InChI=1S/C15H14F2N2O4/c1-22-14-6-13(23-18-14)15(21)19-7-9(20)5-12(19)10-4-8(16)2-3-11(10)17/h2-4,6,9,12,20H,5,7H2,1H3/t9-,12+/m1/s1. The summed E-state index contributed by atoms with van der Waals surface area (Å²) < 4.78 is 37.2. The summed E-state index contributed by atoms with van der Waals surface area (Å²) in [4.78, 5) is 13.7. The smallest absolute Gasteiger partial charge is 0.293 e. The number of likely N-dealkylation sites (tertiary alicyclic amines) is 1. The number of halogens is 2. The molecule has 1 aliphatic rings. The second kappa shape index (κ2) is 5.96. The van der Waals surface area contributed by atoms with Gasteiger partial charge in [-0.25, -0.2) is 8.78 Å². The van der Waals surface area contributed by atoms with E-state index in [9.17, 15) is 18.7 Å². The maximum absolute atomic E-state index is 14.0. The number of hydrogen-bond acceptors (Lipinski definition) is 5. The van der Waals surface area contributed by atoms with E-state index >= 15 is 0 Å². The summed E-state index contributed by atoms with van der Waals surface area (Å²) in [6, 6.07) is 3.53. The first-order chi connectivity index (χ1) is 11.0. The molecule has 0 saturated carbocycles. The first kappa shape index (κ1) is 15.4. The number of nitrogens with zero attached hydrogens (tertiary/aromatic N) is 2. The van der Waals surface area contributed by atoms with E-state index in [2.05, 4.69) is 5.16 Å². The molecule has 0 spiro atoms. The van der Waals surface area contributed by atoms with Crippen LogP contribution in [0.15, 0.2) is 28.8 Å². The Morgan fingerprint density at radius 2 is 2.22 bits per heavy atom. The highest BCUT2D eigenvalue weighted by molar-refractivity contribution is 5.92. The van der Waals surface area contributed by atoms with E-state index in [1.807, 2.05) is 0 Å². The highest BCUT2D eigenvalue weighted by Gasteiger charge is 2.38. The van der Waals surface area contributed by atoms with Crippen LogP contribution in [0.2, 0.25) is 0 Å². The van der Waals surface area contributed by atoms with Crippen LogP contribution in [0.3, 0.4) is 0 Å². The summed E-state index contributed by atoms with van der Waals surface area (Å²) >= 11 is 0. The fourth-order valence-electron chi connectivity index (χ4n) is 2.70. The van der Waals surface area contributed by atoms with Crippen LogP contribution < -0.4 is 4.74 Å². The Bertz CT molecular complexity index is 734. The summed E-state index contributed by atoms with van der Waals surface area (Å²) in [7, 11) is 1.37. The molecule has 1 saturated heterocycles. The zero-order valence-corrected chi connectivity index (χ0v) is 12.2. The molecular formula is C15H14F2N2O4. The van der Waals surface area contributed by atoms with Gasteiger partial charge in [-0.1, -0.05) is 0 Å². The normalized spacial score (nSPS) is 20.8. The van der Waals surface area contributed by atoms with Gasteiger partial charge in [-0.3, -0.25) is 4.79 Å². The van der Waals surface area contributed by atoms with Gasteiger partial charge in [0.25, 0.3) is 11.8 Å². The van der Waals surface area contributed by atoms with Gasteiger partial charge in [0.2, 0.25) is 5.76 Å². The Kier molecular flexibility index (Phi) is 3.99. The average Bonchev–Trinajstić information content (AvgIpc) is 3.15. The van der Waals surface area contributed by atoms with Crippen molar-refractivity contribution in [3.05, 3.63) is 47.2 Å². The van der Waals surface area contributed by atoms with Gasteiger partial charge in [0.1, 0.15) is 11.6 Å². The Hall–Kier alpha value is -2.48. The molecule has 1 aromatic carbocycles. The van der Waals surface area contributed by atoms with Crippen LogP contribution in [0.4, 0.5) is 8.78 Å². The summed E-state index contributed by atoms with van der Waals surface area (Å²) in [6.45, 7) is -0.0114. The van der Waals surface area contributed by atoms with Crippen LogP contribution in [-0.2, 0) is 0 Å². The van der Waals surface area contributed by atoms with Crippen LogP contribution in [0.1, 0.15) is 28.6 Å². The van der Waals surface area contributed by atoms with Gasteiger partial charge in [0.05, 0.1) is 25.3 Å². The lowest BCUT2D eigenvalue weighted by Gasteiger charge is -2.23. The highest BCUT2D eigenvalue weighted by atomic mass is 19.1. The lowest BCUT2D eigenvalue weighted by Crippen LogP contribution is -2.32. The number of ether oxygens (including phenoxy) is 1. The molecule has 2 atom stereocenters. The molecule has 1 amide bonds. The van der Waals surface area contributed by atoms with Gasteiger partial charge in [-0.05, 0) is 29.8 Å². The lowest BCUT2D eigenvalue weighted by atomic mass is 10.0. The van der Waals surface area contributed by atoms with Crippen LogP contribution in [0, 0.1) is 11.6 Å². The molecule has 2 heterocycles. The van der Waals surface area contributed by atoms with Crippen LogP contribution in [0.5, 0.6) is 5.88 Å². The molecular weight excluding hydrogens is 310 g/mol. The molecule has 1 N–H and O–H groups in total. The van der Waals surface area contributed by atoms with Crippen LogP contribution >= 0.6 is 0 Å². The van der Waals surface area contributed by atoms with Crippen molar-refractivity contribution in [3.8, 4) is 5.88 Å². The predicted octanol–water partition coefficient (Wildman–Crippen LogP) is 1.91. The Labute approximate surface area is 130 Å². The Morgan fingerprint density at radius 3 is 2.91 bits per heavy atom. The number of amides is 1. The molecule has 3 rings (SSSR count). The van der Waals surface area contributed by atoms with Gasteiger partial charge in [0, 0.05) is 12.1 Å². The molecule has 0 aliphatic carbocycles. The van der Waals surface area contributed by atoms with Crippen molar-refractivity contribution in [1.29, 1.82) is 0 Å². The third-order valence-electron chi connectivity index (χ3n) is 3.77. The second-order valence-electron chi connectivity index (χ2n) is 5.26. The number of carbonyl (C=O) groups is 1. The maximum Gasteiger partial charge on any atom is 0.293 e. The summed E-state index contributed by atoms with van der Waals surface area (Å²) in [6.07, 6.45) is -0.728. The number of benzene rings is 1. The van der Waals surface area contributed by atoms with E-state index in [0.29, 0.717) is 0 Å². The molecule has 122 valence electrons. The molecule has 1 aromatic heterocycles. The third-order valence-corrected chi connectivity index (χ3v) is 3.77. The van der Waals surface area contributed by atoms with E-state index in [4.69, 9.17) is 9.26 Å². The van der Waals surface area contributed by atoms with Crippen LogP contribution in [0.25, 0.3) is 0 Å². The predicted molar refractivity (Wildman–Crippen MR) is 73.8 cm³/mol. The number of aliphatic hydroxyl groups excluding tert-OH is 1. The van der Waals surface area contributed by atoms with Crippen molar-refractivity contribution < 1.29 is 27.9 Å². The van der Waals surface area contributed by atoms with Gasteiger partial charge < -0.3 is 19.3 Å². The molecule has 2 aromatic rings. The highest BCUT2D eigenvalue weighted by Crippen LogP contribution is 2.35. The molecule has 6 nitrogen and oxygen atoms in total. The lowest BCUT2D eigenvalue weighted by molar-refractivity contribution is 0.0671. The molecule has 0 bridgehead atoms. The summed E-state index contributed by atoms with van der Waals surface area (Å²) in [5.74, 6) is -1.81. The van der Waals surface area contributed by atoms with Gasteiger partial charge in [-0.15, -0.1) is 0 Å². The number of aromatic nitrogens is 1. The van der Waals surface area contributed by atoms with E-state index in [0.717, 1.165) is 18.2 Å². The fraction of sp³-hybridized carbons (Fsp3) is 0.333. The van der Waals surface area contributed by atoms with Crippen LogP contribution in [-0.4, -0.2) is 40.8 Å². The summed E-state index contributed by atoms with van der Waals surface area (Å²) in [5.41, 5.74) is 0.0152. The fourth-order valence-corrected chi connectivity index (χ4v) is 2.70. The van der Waals surface area contributed by atoms with Gasteiger partial charge in [-0.2, -0.15) is 0 Å². The minimum Gasteiger partial charge on any atom is -0.479 e. The van der Waals surface area contributed by atoms with Crippen molar-refractivity contribution in [1.82, 2.24) is 10.1 Å². The average molecular weight is 324 g/mol. The maximum atomic E-state index is 14.0. The van der Waals surface area contributed by atoms with E-state index in [1.165, 1.54) is 18.1 Å². The van der Waals surface area contributed by atoms with Crippen molar-refractivity contribution in [2.24, 2.45) is 0 Å². The molecule has 0 radical (unpaired) electrons. The summed E-state index contributed by atoms with van der Waals surface area (Å²) in [5, 5.41) is 13.4. The molecule has 0 unspecified atom stereocenters. The van der Waals surface area contributed by atoms with Crippen molar-refractivity contribution in [2.45, 2.75) is 18.6 Å². The topological polar surface area (TPSA) is 75.8 Å².